The van der Waals surface area contributed by atoms with E-state index in [0.29, 0.717) is 5.75 Å². The fourth-order valence-corrected chi connectivity index (χ4v) is 1.83. The zero-order chi connectivity index (χ0) is 12.9. The van der Waals surface area contributed by atoms with Crippen LogP contribution < -0.4 is 11.1 Å². The predicted octanol–water partition coefficient (Wildman–Crippen LogP) is -0.358. The van der Waals surface area contributed by atoms with Crippen molar-refractivity contribution in [2.24, 2.45) is 16.3 Å². The molecule has 0 spiro atoms. The van der Waals surface area contributed by atoms with Gasteiger partial charge in [0, 0.05) is 28.9 Å². The van der Waals surface area contributed by atoms with Crippen LogP contribution in [0.3, 0.4) is 0 Å². The fraction of sp³-hybridized carbons (Fsp3) is 0.778. The Kier molecular flexibility index (Phi) is 5.43. The van der Waals surface area contributed by atoms with Gasteiger partial charge in [-0.2, -0.15) is 0 Å². The third-order valence-corrected chi connectivity index (χ3v) is 3.15. The maximum atomic E-state index is 11.8. The van der Waals surface area contributed by atoms with Gasteiger partial charge in [0.15, 0.2) is 5.84 Å². The Hall–Kier alpha value is -1.11. The minimum absolute atomic E-state index is 0.158. The van der Waals surface area contributed by atoms with Crippen LogP contribution >= 0.6 is 0 Å². The van der Waals surface area contributed by atoms with Crippen molar-refractivity contribution in [2.45, 2.75) is 26.8 Å². The molecule has 0 radical (unpaired) electrons. The van der Waals surface area contributed by atoms with Crippen LogP contribution in [-0.2, 0) is 15.6 Å². The van der Waals surface area contributed by atoms with Gasteiger partial charge in [-0.05, 0) is 20.8 Å². The quantitative estimate of drug-likeness (QED) is 0.268. The van der Waals surface area contributed by atoms with Crippen LogP contribution in [0.5, 0.6) is 0 Å². The van der Waals surface area contributed by atoms with Crippen molar-refractivity contribution in [1.29, 1.82) is 0 Å². The van der Waals surface area contributed by atoms with Crippen LogP contribution in [0.25, 0.3) is 0 Å². The number of amidine groups is 1. The summed E-state index contributed by atoms with van der Waals surface area (Å²) in [6.45, 7) is 4.85. The lowest BCUT2D eigenvalue weighted by Gasteiger charge is -2.24. The Labute approximate surface area is 97.7 Å². The molecule has 0 bridgehead atoms. The number of nitrogens with one attached hydrogen (secondary N) is 1. The van der Waals surface area contributed by atoms with Crippen LogP contribution in [0.15, 0.2) is 5.16 Å². The lowest BCUT2D eigenvalue weighted by molar-refractivity contribution is -0.126. The highest BCUT2D eigenvalue weighted by Crippen LogP contribution is 2.15. The number of nitrogens with two attached hydrogens (primary N) is 1. The van der Waals surface area contributed by atoms with Crippen LogP contribution in [0, 0.1) is 5.41 Å². The first-order valence-corrected chi connectivity index (χ1v) is 6.53. The molecule has 0 saturated carbocycles. The molecular weight excluding hydrogens is 230 g/mol. The Morgan fingerprint density at radius 3 is 2.50 bits per heavy atom. The summed E-state index contributed by atoms with van der Waals surface area (Å²) in [5.74, 6) is -0.145. The second kappa shape index (κ2) is 5.83. The van der Waals surface area contributed by atoms with Crippen molar-refractivity contribution in [3.63, 3.8) is 0 Å². The lowest BCUT2D eigenvalue weighted by atomic mass is 9.90. The van der Waals surface area contributed by atoms with E-state index in [4.69, 9.17) is 10.9 Å². The zero-order valence-corrected chi connectivity index (χ0v) is 10.8. The van der Waals surface area contributed by atoms with E-state index in [-0.39, 0.29) is 17.8 Å². The van der Waals surface area contributed by atoms with E-state index in [2.05, 4.69) is 10.5 Å². The number of rotatable bonds is 5. The minimum atomic E-state index is -1.09. The smallest absolute Gasteiger partial charge is 0.233 e. The summed E-state index contributed by atoms with van der Waals surface area (Å²) in [7, 11) is -0.977. The third kappa shape index (κ3) is 4.18. The second-order valence-electron chi connectivity index (χ2n) is 4.22. The SMILES string of the molecule is CC(CS(C)=O)NC(=O)C(C)(C)C(N)=NO. The molecule has 4 N–H and O–H groups in total. The highest BCUT2D eigenvalue weighted by Gasteiger charge is 2.33. The molecule has 0 aliphatic heterocycles. The van der Waals surface area contributed by atoms with Gasteiger partial charge in [0.25, 0.3) is 0 Å². The third-order valence-electron chi connectivity index (χ3n) is 2.18. The number of carbonyl (C=O) groups excluding carboxylic acids is 1. The maximum absolute atomic E-state index is 11.8. The summed E-state index contributed by atoms with van der Waals surface area (Å²) >= 11 is 0. The molecule has 0 aromatic carbocycles. The van der Waals surface area contributed by atoms with Gasteiger partial charge in [-0.3, -0.25) is 9.00 Å². The first kappa shape index (κ1) is 14.9. The Morgan fingerprint density at radius 1 is 1.62 bits per heavy atom. The van der Waals surface area contributed by atoms with Crippen LogP contribution in [-0.4, -0.2) is 39.2 Å². The first-order chi connectivity index (χ1) is 7.21. The van der Waals surface area contributed by atoms with Crippen LogP contribution in [0.1, 0.15) is 20.8 Å². The predicted molar refractivity (Wildman–Crippen MR) is 63.7 cm³/mol. The highest BCUT2D eigenvalue weighted by molar-refractivity contribution is 7.84. The maximum Gasteiger partial charge on any atom is 0.233 e. The average molecular weight is 249 g/mol. The molecule has 0 aromatic rings. The summed E-state index contributed by atoms with van der Waals surface area (Å²) in [5, 5.41) is 14.0. The molecule has 0 aromatic heterocycles. The number of carbonyl (C=O) groups is 1. The summed E-state index contributed by atoms with van der Waals surface area (Å²) in [4.78, 5) is 11.8. The van der Waals surface area contributed by atoms with Crippen LogP contribution in [0.4, 0.5) is 0 Å². The van der Waals surface area contributed by atoms with Gasteiger partial charge < -0.3 is 16.3 Å². The van der Waals surface area contributed by atoms with Gasteiger partial charge in [-0.1, -0.05) is 5.16 Å². The zero-order valence-electron chi connectivity index (χ0n) is 9.98. The van der Waals surface area contributed by atoms with Gasteiger partial charge in [-0.15, -0.1) is 0 Å². The van der Waals surface area contributed by atoms with Crippen molar-refractivity contribution >= 4 is 22.5 Å². The van der Waals surface area contributed by atoms with Crippen LogP contribution in [0.2, 0.25) is 0 Å². The Balaban J connectivity index is 4.52. The van der Waals surface area contributed by atoms with Crippen molar-refractivity contribution < 1.29 is 14.2 Å². The van der Waals surface area contributed by atoms with E-state index in [0.717, 1.165) is 0 Å². The monoisotopic (exact) mass is 249 g/mol. The van der Waals surface area contributed by atoms with Gasteiger partial charge in [0.2, 0.25) is 5.91 Å². The normalized spacial score (nSPS) is 16.6. The van der Waals surface area contributed by atoms with E-state index in [1.54, 1.807) is 27.0 Å². The second-order valence-corrected chi connectivity index (χ2v) is 5.70. The minimum Gasteiger partial charge on any atom is -0.409 e. The molecule has 0 rings (SSSR count). The summed E-state index contributed by atoms with van der Waals surface area (Å²) in [5.41, 5.74) is 4.32. The van der Waals surface area contributed by atoms with E-state index >= 15 is 0 Å². The number of amides is 1. The number of nitrogens with zero attached hydrogens (tertiary/aromatic N) is 1. The lowest BCUT2D eigenvalue weighted by Crippen LogP contribution is -2.49. The van der Waals surface area contributed by atoms with Crippen molar-refractivity contribution in [3.8, 4) is 0 Å². The van der Waals surface area contributed by atoms with E-state index in [1.165, 1.54) is 0 Å². The van der Waals surface area contributed by atoms with E-state index in [1.807, 2.05) is 0 Å². The Morgan fingerprint density at radius 2 is 2.12 bits per heavy atom. The molecule has 0 aliphatic rings. The van der Waals surface area contributed by atoms with Gasteiger partial charge in [-0.25, -0.2) is 0 Å². The fourth-order valence-electron chi connectivity index (χ4n) is 1.04. The van der Waals surface area contributed by atoms with E-state index < -0.39 is 16.2 Å². The molecule has 0 heterocycles. The topological polar surface area (TPSA) is 105 Å². The van der Waals surface area contributed by atoms with E-state index in [9.17, 15) is 9.00 Å². The molecule has 0 saturated heterocycles. The summed E-state index contributed by atoms with van der Waals surface area (Å²) in [6.07, 6.45) is 1.57. The Bertz CT molecular complexity index is 315. The standard InChI is InChI=1S/C9H19N3O3S/c1-6(5-16(4)15)11-8(13)9(2,3)7(10)12-14/h6,14H,5H2,1-4H3,(H2,10,12)(H,11,13). The molecule has 7 heteroatoms. The van der Waals surface area contributed by atoms with Crippen molar-refractivity contribution in [1.82, 2.24) is 5.32 Å². The molecule has 0 fully saturated rings. The number of oxime groups is 1. The first-order valence-electron chi connectivity index (χ1n) is 4.80. The largest absolute Gasteiger partial charge is 0.409 e. The van der Waals surface area contributed by atoms with Gasteiger partial charge in [0.1, 0.15) is 5.41 Å². The highest BCUT2D eigenvalue weighted by atomic mass is 32.2. The summed E-state index contributed by atoms with van der Waals surface area (Å²) in [6, 6.07) is -0.218. The molecule has 6 nitrogen and oxygen atoms in total. The molecule has 16 heavy (non-hydrogen) atoms. The van der Waals surface area contributed by atoms with Crippen molar-refractivity contribution in [2.75, 3.05) is 12.0 Å². The van der Waals surface area contributed by atoms with Gasteiger partial charge in [0.05, 0.1) is 0 Å². The molecule has 2 unspecified atom stereocenters. The molecule has 2 atom stereocenters. The van der Waals surface area contributed by atoms with Crippen molar-refractivity contribution in [3.05, 3.63) is 0 Å². The average Bonchev–Trinajstić information content (AvgIpc) is 2.14. The van der Waals surface area contributed by atoms with Gasteiger partial charge >= 0.3 is 0 Å². The molecular formula is C9H19N3O3S. The molecule has 94 valence electrons. The number of hydrogen-bond acceptors (Lipinski definition) is 4. The summed E-state index contributed by atoms with van der Waals surface area (Å²) < 4.78 is 10.9. The number of hydrogen-bond donors (Lipinski definition) is 3. The molecule has 0 aliphatic carbocycles. The molecule has 1 amide bonds.